The number of hydrogen-bond acceptors (Lipinski definition) is 8. The number of ether oxygens (including phenoxy) is 2. The van der Waals surface area contributed by atoms with Crippen molar-refractivity contribution in [2.75, 3.05) is 25.5 Å². The lowest BCUT2D eigenvalue weighted by Gasteiger charge is -2.15. The van der Waals surface area contributed by atoms with Gasteiger partial charge in [0.05, 0.1) is 7.11 Å². The molecule has 1 aliphatic carbocycles. The fraction of sp³-hybridized carbons (Fsp3) is 0.545. The van der Waals surface area contributed by atoms with Crippen LogP contribution >= 0.6 is 0 Å². The summed E-state index contributed by atoms with van der Waals surface area (Å²) in [6.45, 7) is 4.89. The molecule has 3 aliphatic rings. The summed E-state index contributed by atoms with van der Waals surface area (Å²) in [5.41, 5.74) is 2.56. The van der Waals surface area contributed by atoms with E-state index in [-0.39, 0.29) is 0 Å². The summed E-state index contributed by atoms with van der Waals surface area (Å²) in [7, 11) is 1.61. The van der Waals surface area contributed by atoms with Crippen molar-refractivity contribution >= 4 is 17.0 Å². The molecule has 3 atom stereocenters. The second-order valence-corrected chi connectivity index (χ2v) is 8.62. The summed E-state index contributed by atoms with van der Waals surface area (Å²) in [6.07, 6.45) is 7.96. The van der Waals surface area contributed by atoms with Crippen molar-refractivity contribution in [1.82, 2.24) is 29.4 Å². The van der Waals surface area contributed by atoms with E-state index >= 15 is 0 Å². The second-order valence-electron chi connectivity index (χ2n) is 8.62. The third-order valence-corrected chi connectivity index (χ3v) is 6.56. The Kier molecular flexibility index (Phi) is 4.53. The number of pyridine rings is 1. The summed E-state index contributed by atoms with van der Waals surface area (Å²) in [4.78, 5) is 20.8. The van der Waals surface area contributed by atoms with Crippen molar-refractivity contribution in [1.29, 1.82) is 0 Å². The Morgan fingerprint density at radius 1 is 1.19 bits per heavy atom. The Labute approximate surface area is 180 Å². The molecule has 3 aromatic rings. The number of nitrogens with one attached hydrogen (secondary N) is 1. The fourth-order valence-electron chi connectivity index (χ4n) is 4.70. The van der Waals surface area contributed by atoms with Crippen molar-refractivity contribution in [2.45, 2.75) is 51.1 Å². The van der Waals surface area contributed by atoms with E-state index in [4.69, 9.17) is 14.5 Å². The number of aromatic nitrogens is 5. The van der Waals surface area contributed by atoms with Gasteiger partial charge in [-0.2, -0.15) is 0 Å². The number of imidazole rings is 1. The predicted molar refractivity (Wildman–Crippen MR) is 116 cm³/mol. The van der Waals surface area contributed by atoms with Gasteiger partial charge in [0.1, 0.15) is 24.5 Å². The molecule has 1 N–H and O–H groups in total. The van der Waals surface area contributed by atoms with Crippen LogP contribution in [-0.2, 0) is 11.3 Å². The molecule has 31 heavy (non-hydrogen) atoms. The van der Waals surface area contributed by atoms with Crippen LogP contribution in [0.25, 0.3) is 22.6 Å². The highest BCUT2D eigenvalue weighted by Crippen LogP contribution is 2.46. The van der Waals surface area contributed by atoms with Gasteiger partial charge in [-0.25, -0.2) is 19.9 Å². The monoisotopic (exact) mass is 421 g/mol. The number of hydrogen-bond donors (Lipinski definition) is 1. The Morgan fingerprint density at radius 2 is 2.10 bits per heavy atom. The number of aryl methyl sites for hydroxylation is 1. The first-order valence-electron chi connectivity index (χ1n) is 11.1. The van der Waals surface area contributed by atoms with Gasteiger partial charge in [0, 0.05) is 43.5 Å². The van der Waals surface area contributed by atoms with E-state index in [0.29, 0.717) is 24.3 Å². The fourth-order valence-corrected chi connectivity index (χ4v) is 4.70. The molecule has 0 aromatic carbocycles. The zero-order chi connectivity index (χ0) is 20.9. The van der Waals surface area contributed by atoms with Gasteiger partial charge >= 0.3 is 0 Å². The Balaban J connectivity index is 1.25. The van der Waals surface area contributed by atoms with E-state index in [9.17, 15) is 0 Å². The number of epoxide rings is 1. The van der Waals surface area contributed by atoms with Gasteiger partial charge < -0.3 is 19.4 Å². The van der Waals surface area contributed by atoms with Gasteiger partial charge in [0.15, 0.2) is 17.0 Å². The molecule has 5 heterocycles. The molecule has 0 radical (unpaired) electrons. The summed E-state index contributed by atoms with van der Waals surface area (Å²) in [5, 5.41) is 3.63. The van der Waals surface area contributed by atoms with Crippen molar-refractivity contribution in [2.24, 2.45) is 5.92 Å². The van der Waals surface area contributed by atoms with Crippen LogP contribution in [0.1, 0.15) is 26.2 Å². The van der Waals surface area contributed by atoms with Crippen LogP contribution in [0.3, 0.4) is 0 Å². The zero-order valence-electron chi connectivity index (χ0n) is 17.9. The average Bonchev–Trinajstić information content (AvgIpc) is 3.71. The molecule has 3 aromatic heterocycles. The van der Waals surface area contributed by atoms with Crippen molar-refractivity contribution in [3.63, 3.8) is 0 Å². The first kappa shape index (κ1) is 18.9. The van der Waals surface area contributed by atoms with E-state index < -0.39 is 0 Å². The van der Waals surface area contributed by atoms with E-state index in [1.807, 2.05) is 12.1 Å². The van der Waals surface area contributed by atoms with Crippen LogP contribution in [0, 0.1) is 5.92 Å². The molecule has 2 saturated heterocycles. The van der Waals surface area contributed by atoms with Crippen LogP contribution in [-0.4, -0.2) is 68.0 Å². The highest BCUT2D eigenvalue weighted by Gasteiger charge is 2.53. The van der Waals surface area contributed by atoms with Crippen LogP contribution in [0.2, 0.25) is 0 Å². The first-order chi connectivity index (χ1) is 15.2. The van der Waals surface area contributed by atoms with Gasteiger partial charge in [0.25, 0.3) is 0 Å². The molecule has 0 bridgehead atoms. The summed E-state index contributed by atoms with van der Waals surface area (Å²) in [5.74, 6) is 3.02. The average molecular weight is 422 g/mol. The quantitative estimate of drug-likeness (QED) is 0.582. The lowest BCUT2D eigenvalue weighted by atomic mass is 10.2. The number of rotatable bonds is 7. The van der Waals surface area contributed by atoms with Gasteiger partial charge in [-0.1, -0.05) is 0 Å². The van der Waals surface area contributed by atoms with Crippen molar-refractivity contribution < 1.29 is 9.47 Å². The Bertz CT molecular complexity index is 1100. The minimum atomic E-state index is 0.332. The van der Waals surface area contributed by atoms with Crippen molar-refractivity contribution in [3.05, 3.63) is 24.7 Å². The normalized spacial score (nSPS) is 25.8. The molecule has 162 valence electrons. The molecule has 6 rings (SSSR count). The SMILES string of the molecule is CCn1c(-c2ccc(OC)nc2)nc2c(NC3CCN(C4OC4C4CC4)C3)ncnc21. The molecular weight excluding hydrogens is 394 g/mol. The highest BCUT2D eigenvalue weighted by molar-refractivity contribution is 5.86. The Hall–Kier alpha value is -2.78. The topological polar surface area (TPSA) is 93.5 Å². The smallest absolute Gasteiger partial charge is 0.212 e. The third-order valence-electron chi connectivity index (χ3n) is 6.56. The molecule has 1 saturated carbocycles. The molecule has 9 nitrogen and oxygen atoms in total. The van der Waals surface area contributed by atoms with Crippen LogP contribution in [0.15, 0.2) is 24.7 Å². The lowest BCUT2D eigenvalue weighted by molar-refractivity contribution is 0.208. The lowest BCUT2D eigenvalue weighted by Crippen LogP contribution is -2.30. The maximum absolute atomic E-state index is 5.93. The second kappa shape index (κ2) is 7.42. The van der Waals surface area contributed by atoms with Crippen LogP contribution in [0.5, 0.6) is 5.88 Å². The number of fused-ring (bicyclic) bond motifs is 1. The van der Waals surface area contributed by atoms with Gasteiger partial charge in [-0.3, -0.25) is 4.90 Å². The molecule has 3 fully saturated rings. The summed E-state index contributed by atoms with van der Waals surface area (Å²) in [6, 6.07) is 4.15. The van der Waals surface area contributed by atoms with Crippen molar-refractivity contribution in [3.8, 4) is 17.3 Å². The number of likely N-dealkylation sites (tertiary alicyclic amines) is 1. The molecule has 0 spiro atoms. The third kappa shape index (κ3) is 3.41. The van der Waals surface area contributed by atoms with E-state index in [2.05, 4.69) is 36.7 Å². The minimum Gasteiger partial charge on any atom is -0.481 e. The van der Waals surface area contributed by atoms with E-state index in [0.717, 1.165) is 60.3 Å². The molecule has 0 amide bonds. The zero-order valence-corrected chi connectivity index (χ0v) is 17.9. The van der Waals surface area contributed by atoms with Gasteiger partial charge in [-0.15, -0.1) is 0 Å². The largest absolute Gasteiger partial charge is 0.481 e. The summed E-state index contributed by atoms with van der Waals surface area (Å²) >= 11 is 0. The maximum atomic E-state index is 5.93. The molecular formula is C22H27N7O2. The van der Waals surface area contributed by atoms with E-state index in [1.165, 1.54) is 12.8 Å². The van der Waals surface area contributed by atoms with Crippen LogP contribution in [0.4, 0.5) is 5.82 Å². The minimum absolute atomic E-state index is 0.332. The highest BCUT2D eigenvalue weighted by atomic mass is 16.6. The molecule has 3 unspecified atom stereocenters. The summed E-state index contributed by atoms with van der Waals surface area (Å²) < 4.78 is 13.2. The molecule has 9 heteroatoms. The van der Waals surface area contributed by atoms with Gasteiger partial charge in [-0.05, 0) is 38.2 Å². The van der Waals surface area contributed by atoms with Gasteiger partial charge in [0.2, 0.25) is 5.88 Å². The Morgan fingerprint density at radius 3 is 2.84 bits per heavy atom. The van der Waals surface area contributed by atoms with E-state index in [1.54, 1.807) is 19.6 Å². The number of anilines is 1. The number of methoxy groups -OCH3 is 1. The first-order valence-corrected chi connectivity index (χ1v) is 11.1. The number of nitrogens with zero attached hydrogens (tertiary/aromatic N) is 6. The maximum Gasteiger partial charge on any atom is 0.212 e. The molecule has 2 aliphatic heterocycles. The standard InChI is InChI=1S/C22H27N7O2/c1-3-29-20(14-6-7-16(30-2)23-10-14)27-17-19(24-12-25-21(17)29)26-15-8-9-28(11-15)22-18(31-22)13-4-5-13/h6-7,10,12-13,15,18,22H,3-5,8-9,11H2,1-2H3,(H,24,25,26). The van der Waals surface area contributed by atoms with Crippen LogP contribution < -0.4 is 10.1 Å². The predicted octanol–water partition coefficient (Wildman–Crippen LogP) is 2.54.